The summed E-state index contributed by atoms with van der Waals surface area (Å²) in [5.74, 6) is 0.867. The van der Waals surface area contributed by atoms with Gasteiger partial charge in [0, 0.05) is 18.3 Å². The number of fused-ring (bicyclic) bond motifs is 2. The van der Waals surface area contributed by atoms with Crippen LogP contribution in [0.4, 0.5) is 0 Å². The topological polar surface area (TPSA) is 40.9 Å². The van der Waals surface area contributed by atoms with Crippen molar-refractivity contribution in [1.82, 2.24) is 0 Å². The van der Waals surface area contributed by atoms with E-state index in [-0.39, 0.29) is 10.8 Å². The minimum Gasteiger partial charge on any atom is -0.299 e. The predicted molar refractivity (Wildman–Crippen MR) is 48.8 cm³/mol. The van der Waals surface area contributed by atoms with Crippen LogP contribution in [0.1, 0.15) is 39.5 Å². The first-order chi connectivity index (χ1) is 6.04. The van der Waals surface area contributed by atoms with Gasteiger partial charge < -0.3 is 0 Å². The van der Waals surface area contributed by atoms with Gasteiger partial charge in [-0.2, -0.15) is 5.26 Å². The molecule has 0 N–H and O–H groups in total. The summed E-state index contributed by atoms with van der Waals surface area (Å²) >= 11 is 0. The smallest absolute Gasteiger partial charge is 0.139 e. The maximum atomic E-state index is 11.7. The summed E-state index contributed by atoms with van der Waals surface area (Å²) in [6, 6.07) is 2.24. The Hall–Kier alpha value is -0.840. The first-order valence-electron chi connectivity index (χ1n) is 4.95. The number of hydrogen-bond acceptors (Lipinski definition) is 2. The Kier molecular flexibility index (Phi) is 1.58. The average Bonchev–Trinajstić information content (AvgIpc) is 2.39. The summed E-state index contributed by atoms with van der Waals surface area (Å²) in [4.78, 5) is 11.7. The van der Waals surface area contributed by atoms with Crippen LogP contribution in [0.3, 0.4) is 0 Å². The molecule has 0 aromatic rings. The second kappa shape index (κ2) is 2.35. The zero-order valence-corrected chi connectivity index (χ0v) is 8.26. The molecular weight excluding hydrogens is 162 g/mol. The van der Waals surface area contributed by atoms with Crippen LogP contribution in [0, 0.1) is 28.1 Å². The Morgan fingerprint density at radius 2 is 2.31 bits per heavy atom. The van der Waals surface area contributed by atoms with Crippen LogP contribution in [0.2, 0.25) is 0 Å². The summed E-state index contributed by atoms with van der Waals surface area (Å²) in [5, 5.41) is 8.79. The maximum Gasteiger partial charge on any atom is 0.139 e. The molecule has 0 amide bonds. The lowest BCUT2D eigenvalue weighted by atomic mass is 9.67. The molecule has 0 aromatic heterocycles. The van der Waals surface area contributed by atoms with Gasteiger partial charge in [0.15, 0.2) is 0 Å². The Morgan fingerprint density at radius 1 is 1.62 bits per heavy atom. The van der Waals surface area contributed by atoms with Crippen LogP contribution in [-0.2, 0) is 4.79 Å². The van der Waals surface area contributed by atoms with Gasteiger partial charge in [-0.1, -0.05) is 13.8 Å². The molecule has 2 aliphatic carbocycles. The Balaban J connectivity index is 2.42. The van der Waals surface area contributed by atoms with E-state index in [1.165, 1.54) is 0 Å². The highest BCUT2D eigenvalue weighted by atomic mass is 16.1. The van der Waals surface area contributed by atoms with Gasteiger partial charge in [-0.05, 0) is 24.2 Å². The van der Waals surface area contributed by atoms with Crippen LogP contribution in [0.25, 0.3) is 0 Å². The zero-order valence-electron chi connectivity index (χ0n) is 8.26. The molecular formula is C11H15NO. The summed E-state index contributed by atoms with van der Waals surface area (Å²) in [5.41, 5.74) is -0.216. The van der Waals surface area contributed by atoms with Crippen molar-refractivity contribution in [2.45, 2.75) is 39.5 Å². The van der Waals surface area contributed by atoms with E-state index in [0.29, 0.717) is 24.5 Å². The summed E-state index contributed by atoms with van der Waals surface area (Å²) in [6.07, 6.45) is 3.39. The van der Waals surface area contributed by atoms with Crippen molar-refractivity contribution in [2.24, 2.45) is 16.7 Å². The van der Waals surface area contributed by atoms with E-state index in [1.807, 2.05) is 0 Å². The number of rotatable bonds is 1. The highest BCUT2D eigenvalue weighted by Crippen LogP contribution is 2.65. The highest BCUT2D eigenvalue weighted by molar-refractivity contribution is 5.89. The first kappa shape index (κ1) is 8.74. The van der Waals surface area contributed by atoms with Crippen molar-refractivity contribution in [3.63, 3.8) is 0 Å². The monoisotopic (exact) mass is 177 g/mol. The number of nitriles is 1. The lowest BCUT2D eigenvalue weighted by Gasteiger charge is -2.34. The van der Waals surface area contributed by atoms with Gasteiger partial charge in [0.2, 0.25) is 0 Å². The quantitative estimate of drug-likeness (QED) is 0.616. The molecule has 2 aliphatic rings. The van der Waals surface area contributed by atoms with Gasteiger partial charge in [0.05, 0.1) is 6.07 Å². The molecule has 2 fully saturated rings. The van der Waals surface area contributed by atoms with Crippen molar-refractivity contribution in [2.75, 3.05) is 0 Å². The van der Waals surface area contributed by atoms with Crippen molar-refractivity contribution in [3.05, 3.63) is 0 Å². The molecule has 70 valence electrons. The van der Waals surface area contributed by atoms with E-state index in [1.54, 1.807) is 0 Å². The molecule has 2 heteroatoms. The van der Waals surface area contributed by atoms with Crippen LogP contribution < -0.4 is 0 Å². The lowest BCUT2D eigenvalue weighted by Crippen LogP contribution is -2.34. The molecule has 0 aliphatic heterocycles. The fraction of sp³-hybridized carbons (Fsp3) is 0.818. The van der Waals surface area contributed by atoms with Crippen LogP contribution in [-0.4, -0.2) is 5.78 Å². The molecule has 2 saturated carbocycles. The van der Waals surface area contributed by atoms with E-state index in [4.69, 9.17) is 5.26 Å². The summed E-state index contributed by atoms with van der Waals surface area (Å²) in [6.45, 7) is 4.18. The van der Waals surface area contributed by atoms with Gasteiger partial charge in [0.1, 0.15) is 5.78 Å². The standard InChI is InChI=1S/C11H15NO/c1-10(5-6-12)8-3-4-11(10,2)9(13)7-8/h8H,3-5,7H2,1-2H3/t8-,10-,11-/m1/s1. The maximum absolute atomic E-state index is 11.7. The molecule has 0 heterocycles. The molecule has 2 rings (SSSR count). The molecule has 2 bridgehead atoms. The highest BCUT2D eigenvalue weighted by Gasteiger charge is 2.63. The molecule has 13 heavy (non-hydrogen) atoms. The second-order valence-corrected chi connectivity index (χ2v) is 4.95. The van der Waals surface area contributed by atoms with Crippen molar-refractivity contribution < 1.29 is 4.79 Å². The van der Waals surface area contributed by atoms with E-state index < -0.39 is 0 Å². The van der Waals surface area contributed by atoms with Crippen LogP contribution >= 0.6 is 0 Å². The number of ketones is 1. The van der Waals surface area contributed by atoms with Crippen molar-refractivity contribution >= 4 is 5.78 Å². The van der Waals surface area contributed by atoms with Crippen molar-refractivity contribution in [1.29, 1.82) is 5.26 Å². The molecule has 0 radical (unpaired) electrons. The Labute approximate surface area is 78.9 Å². The molecule has 3 atom stereocenters. The number of carbonyl (C=O) groups is 1. The normalized spacial score (nSPS) is 48.1. The fourth-order valence-electron chi connectivity index (χ4n) is 3.26. The molecule has 2 nitrogen and oxygen atoms in total. The van der Waals surface area contributed by atoms with Gasteiger partial charge in [0.25, 0.3) is 0 Å². The van der Waals surface area contributed by atoms with E-state index in [0.717, 1.165) is 12.8 Å². The van der Waals surface area contributed by atoms with Gasteiger partial charge >= 0.3 is 0 Å². The molecule has 0 saturated heterocycles. The Bertz CT molecular complexity index is 304. The van der Waals surface area contributed by atoms with Crippen molar-refractivity contribution in [3.8, 4) is 6.07 Å². The largest absolute Gasteiger partial charge is 0.299 e. The summed E-state index contributed by atoms with van der Waals surface area (Å²) in [7, 11) is 0. The third-order valence-corrected chi connectivity index (χ3v) is 4.65. The SMILES string of the molecule is C[C@@]12CC[C@H](CC1=O)[C@@]2(C)CC#N. The van der Waals surface area contributed by atoms with Gasteiger partial charge in [-0.15, -0.1) is 0 Å². The van der Waals surface area contributed by atoms with Crippen LogP contribution in [0.15, 0.2) is 0 Å². The third kappa shape index (κ3) is 0.802. The van der Waals surface area contributed by atoms with E-state index in [9.17, 15) is 4.79 Å². The average molecular weight is 177 g/mol. The number of hydrogen-bond donors (Lipinski definition) is 0. The second-order valence-electron chi connectivity index (χ2n) is 4.95. The lowest BCUT2D eigenvalue weighted by molar-refractivity contribution is -0.128. The predicted octanol–water partition coefficient (Wildman–Crippen LogP) is 2.30. The number of Topliss-reactive ketones (excluding diaryl/α,β-unsaturated/α-hetero) is 1. The molecule has 0 unspecified atom stereocenters. The third-order valence-electron chi connectivity index (χ3n) is 4.65. The zero-order chi connectivity index (χ0) is 9.69. The van der Waals surface area contributed by atoms with E-state index >= 15 is 0 Å². The number of nitrogens with zero attached hydrogens (tertiary/aromatic N) is 1. The Morgan fingerprint density at radius 3 is 2.69 bits per heavy atom. The summed E-state index contributed by atoms with van der Waals surface area (Å²) < 4.78 is 0. The minimum atomic E-state index is -0.187. The molecule has 0 spiro atoms. The van der Waals surface area contributed by atoms with E-state index in [2.05, 4.69) is 19.9 Å². The number of carbonyl (C=O) groups excluding carboxylic acids is 1. The fourth-order valence-corrected chi connectivity index (χ4v) is 3.26. The first-order valence-corrected chi connectivity index (χ1v) is 4.95. The minimum absolute atomic E-state index is 0.0289. The van der Waals surface area contributed by atoms with Crippen LogP contribution in [0.5, 0.6) is 0 Å². The van der Waals surface area contributed by atoms with Gasteiger partial charge in [-0.3, -0.25) is 4.79 Å². The molecule has 0 aromatic carbocycles. The van der Waals surface area contributed by atoms with Gasteiger partial charge in [-0.25, -0.2) is 0 Å².